The fraction of sp³-hybridized carbons (Fsp3) is 0.0769. The molecule has 0 aliphatic rings. The first kappa shape index (κ1) is 23.4. The molecular weight excluding hydrogens is 503 g/mol. The monoisotopic (exact) mass is 522 g/mol. The van der Waals surface area contributed by atoms with Gasteiger partial charge in [-0.2, -0.15) is 0 Å². The number of carbonyl (C=O) groups is 1. The summed E-state index contributed by atoms with van der Waals surface area (Å²) in [4.78, 5) is 17.3. The van der Waals surface area contributed by atoms with Crippen molar-refractivity contribution in [3.05, 3.63) is 88.9 Å². The van der Waals surface area contributed by atoms with Gasteiger partial charge in [-0.25, -0.2) is 4.79 Å². The van der Waals surface area contributed by atoms with Crippen molar-refractivity contribution in [3.8, 4) is 21.8 Å². The minimum atomic E-state index is -3.09. The zero-order valence-electron chi connectivity index (χ0n) is 18.8. The van der Waals surface area contributed by atoms with Crippen LogP contribution in [-0.2, 0) is 4.57 Å². The van der Waals surface area contributed by atoms with Crippen LogP contribution in [0.2, 0.25) is 5.02 Å². The Balaban J connectivity index is 1.49. The molecule has 5 rings (SSSR count). The van der Waals surface area contributed by atoms with Crippen LogP contribution in [0.25, 0.3) is 32.9 Å². The first-order chi connectivity index (χ1) is 16.7. The van der Waals surface area contributed by atoms with Crippen molar-refractivity contribution in [3.63, 3.8) is 0 Å². The number of furan rings is 1. The Hall–Kier alpha value is -3.38. The van der Waals surface area contributed by atoms with E-state index in [2.05, 4.69) is 4.98 Å². The lowest BCUT2D eigenvalue weighted by atomic mass is 10.1. The number of nitrogens with zero attached hydrogens (tertiary/aromatic N) is 2. The molecule has 0 bridgehead atoms. The summed E-state index contributed by atoms with van der Waals surface area (Å²) in [5.41, 5.74) is 3.65. The highest BCUT2D eigenvalue weighted by Crippen LogP contribution is 2.50. The van der Waals surface area contributed by atoms with Gasteiger partial charge in [0, 0.05) is 46.7 Å². The highest BCUT2D eigenvalue weighted by atomic mass is 35.5. The summed E-state index contributed by atoms with van der Waals surface area (Å²) in [5, 5.41) is 11.0. The maximum absolute atomic E-state index is 13.7. The molecule has 0 aliphatic heterocycles. The number of pyridine rings is 1. The number of hydrogen-bond donors (Lipinski definition) is 1. The number of hydrogen-bond acceptors (Lipinski definition) is 5. The van der Waals surface area contributed by atoms with Gasteiger partial charge in [0.25, 0.3) is 0 Å². The Bertz CT molecular complexity index is 1560. The van der Waals surface area contributed by atoms with E-state index < -0.39 is 13.3 Å². The van der Waals surface area contributed by atoms with Crippen LogP contribution in [0.1, 0.15) is 9.67 Å². The molecule has 35 heavy (non-hydrogen) atoms. The predicted octanol–water partition coefficient (Wildman–Crippen LogP) is 7.24. The molecule has 0 amide bonds. The van der Waals surface area contributed by atoms with Gasteiger partial charge in [-0.05, 0) is 48.0 Å². The second kappa shape index (κ2) is 9.00. The molecule has 3 aromatic heterocycles. The molecule has 1 unspecified atom stereocenters. The molecule has 6 nitrogen and oxygen atoms in total. The van der Waals surface area contributed by atoms with Crippen LogP contribution in [0.15, 0.2) is 83.4 Å². The first-order valence-electron chi connectivity index (χ1n) is 10.6. The summed E-state index contributed by atoms with van der Waals surface area (Å²) in [6.07, 6.45) is 1.72. The Kier molecular flexibility index (Phi) is 6.01. The summed E-state index contributed by atoms with van der Waals surface area (Å²) >= 11 is 7.13. The number of rotatable bonds is 6. The summed E-state index contributed by atoms with van der Waals surface area (Å²) in [6, 6.07) is 21.8. The van der Waals surface area contributed by atoms with Crippen molar-refractivity contribution in [2.24, 2.45) is 0 Å². The minimum Gasteiger partial charge on any atom is -0.477 e. The third-order valence-corrected chi connectivity index (χ3v) is 9.90. The van der Waals surface area contributed by atoms with Crippen molar-refractivity contribution in [2.45, 2.75) is 0 Å². The smallest absolute Gasteiger partial charge is 0.348 e. The molecule has 3 heterocycles. The van der Waals surface area contributed by atoms with Gasteiger partial charge in [0.05, 0.1) is 5.69 Å². The normalized spacial score (nSPS) is 13.0. The lowest BCUT2D eigenvalue weighted by Crippen LogP contribution is -2.22. The Morgan fingerprint density at radius 3 is 2.40 bits per heavy atom. The van der Waals surface area contributed by atoms with Gasteiger partial charge in [0.2, 0.25) is 0 Å². The van der Waals surface area contributed by atoms with E-state index in [1.165, 1.54) is 0 Å². The Morgan fingerprint density at radius 2 is 1.74 bits per heavy atom. The minimum absolute atomic E-state index is 0.131. The van der Waals surface area contributed by atoms with Crippen molar-refractivity contribution in [1.82, 2.24) is 4.98 Å². The fourth-order valence-corrected chi connectivity index (χ4v) is 6.67. The quantitative estimate of drug-likeness (QED) is 0.236. The van der Waals surface area contributed by atoms with E-state index in [4.69, 9.17) is 16.0 Å². The molecule has 1 atom stereocenters. The predicted molar refractivity (Wildman–Crippen MR) is 143 cm³/mol. The SMILES string of the molecule is CN(c1cc(-c2ccc(-c3cc4ncccc4o3)cc2)sc1C(=O)O)P(C)(=O)c1ccc(Cl)cc1. The Morgan fingerprint density at radius 1 is 1.06 bits per heavy atom. The molecule has 5 aromatic rings. The summed E-state index contributed by atoms with van der Waals surface area (Å²) < 4.78 is 21.2. The number of aromatic nitrogens is 1. The number of aromatic carboxylic acids is 1. The van der Waals surface area contributed by atoms with Crippen molar-refractivity contribution < 1.29 is 18.9 Å². The van der Waals surface area contributed by atoms with Crippen molar-refractivity contribution in [2.75, 3.05) is 18.4 Å². The molecule has 176 valence electrons. The third kappa shape index (κ3) is 4.39. The maximum atomic E-state index is 13.7. The van der Waals surface area contributed by atoms with Crippen LogP contribution < -0.4 is 9.97 Å². The van der Waals surface area contributed by atoms with E-state index in [0.717, 1.165) is 32.9 Å². The molecule has 0 radical (unpaired) electrons. The Labute approximate surface area is 210 Å². The fourth-order valence-electron chi connectivity index (χ4n) is 3.82. The molecule has 0 fully saturated rings. The summed E-state index contributed by atoms with van der Waals surface area (Å²) in [5.74, 6) is -0.358. The number of fused-ring (bicyclic) bond motifs is 1. The largest absolute Gasteiger partial charge is 0.477 e. The van der Waals surface area contributed by atoms with Crippen molar-refractivity contribution in [1.29, 1.82) is 0 Å². The van der Waals surface area contributed by atoms with Gasteiger partial charge in [-0.15, -0.1) is 11.3 Å². The summed E-state index contributed by atoms with van der Waals surface area (Å²) in [6.45, 7) is 1.62. The van der Waals surface area contributed by atoms with E-state index in [1.807, 2.05) is 42.5 Å². The van der Waals surface area contributed by atoms with Gasteiger partial charge in [-0.3, -0.25) is 9.55 Å². The second-order valence-corrected chi connectivity index (χ2v) is 12.4. The third-order valence-electron chi connectivity index (χ3n) is 5.87. The molecule has 0 saturated heterocycles. The second-order valence-electron chi connectivity index (χ2n) is 8.08. The van der Waals surface area contributed by atoms with Crippen LogP contribution in [0.5, 0.6) is 0 Å². The van der Waals surface area contributed by atoms with Gasteiger partial charge in [0.15, 0.2) is 12.9 Å². The van der Waals surface area contributed by atoms with Gasteiger partial charge in [0.1, 0.15) is 16.2 Å². The maximum Gasteiger partial charge on any atom is 0.348 e. The molecule has 9 heteroatoms. The van der Waals surface area contributed by atoms with Crippen LogP contribution in [0, 0.1) is 0 Å². The standard InChI is InChI=1S/C26H20ClN2O4PS/c1-29(34(2,32)19-11-9-18(27)10-12-19)21-15-24(35-25(21)26(30)31)17-7-5-16(6-8-17)23-14-20-22(33-23)4-3-13-28-20/h3-15H,1-2H3,(H,30,31). The molecule has 2 aromatic carbocycles. The van der Waals surface area contributed by atoms with E-state index in [1.54, 1.807) is 54.9 Å². The number of benzene rings is 2. The summed E-state index contributed by atoms with van der Waals surface area (Å²) in [7, 11) is -1.43. The zero-order valence-corrected chi connectivity index (χ0v) is 21.3. The molecular formula is C26H20ClN2O4PS. The van der Waals surface area contributed by atoms with E-state index in [-0.39, 0.29) is 4.88 Å². The van der Waals surface area contributed by atoms with Crippen LogP contribution in [0.3, 0.4) is 0 Å². The average molecular weight is 523 g/mol. The number of anilines is 1. The topological polar surface area (TPSA) is 83.6 Å². The highest BCUT2D eigenvalue weighted by molar-refractivity contribution is 7.72. The van der Waals surface area contributed by atoms with Gasteiger partial charge < -0.3 is 14.2 Å². The highest BCUT2D eigenvalue weighted by Gasteiger charge is 2.29. The first-order valence-corrected chi connectivity index (χ1v) is 13.9. The number of halogens is 1. The zero-order chi connectivity index (χ0) is 24.7. The lowest BCUT2D eigenvalue weighted by Gasteiger charge is -2.27. The molecule has 0 saturated carbocycles. The van der Waals surface area contributed by atoms with Gasteiger partial charge >= 0.3 is 5.97 Å². The van der Waals surface area contributed by atoms with Gasteiger partial charge in [-0.1, -0.05) is 35.9 Å². The van der Waals surface area contributed by atoms with E-state index in [0.29, 0.717) is 27.4 Å². The number of thiophene rings is 1. The van der Waals surface area contributed by atoms with Crippen LogP contribution in [-0.4, -0.2) is 29.8 Å². The lowest BCUT2D eigenvalue weighted by molar-refractivity contribution is 0.0703. The number of carboxylic acids is 1. The average Bonchev–Trinajstić information content (AvgIpc) is 3.49. The van der Waals surface area contributed by atoms with Crippen LogP contribution >= 0.6 is 30.2 Å². The number of carboxylic acid groups (broad SMARTS) is 1. The van der Waals surface area contributed by atoms with Crippen LogP contribution in [0.4, 0.5) is 5.69 Å². The molecule has 1 N–H and O–H groups in total. The van der Waals surface area contributed by atoms with E-state index >= 15 is 0 Å². The molecule has 0 spiro atoms. The van der Waals surface area contributed by atoms with E-state index in [9.17, 15) is 14.5 Å². The van der Waals surface area contributed by atoms with Crippen molar-refractivity contribution >= 4 is 58.3 Å². The molecule has 0 aliphatic carbocycles.